The first kappa shape index (κ1) is 22.6. The zero-order chi connectivity index (χ0) is 24.2. The van der Waals surface area contributed by atoms with E-state index in [1.165, 1.54) is 4.68 Å². The predicted molar refractivity (Wildman–Crippen MR) is 138 cm³/mol. The molecule has 2 heterocycles. The average Bonchev–Trinajstić information content (AvgIpc) is 3.42. The van der Waals surface area contributed by atoms with E-state index in [2.05, 4.69) is 5.10 Å². The largest absolute Gasteiger partial charge is 0.496 e. The first-order chi connectivity index (χ1) is 17.2. The van der Waals surface area contributed by atoms with Gasteiger partial charge in [0, 0.05) is 15.8 Å². The number of rotatable bonds is 7. The lowest BCUT2D eigenvalue weighted by atomic mass is 10.1. The van der Waals surface area contributed by atoms with Crippen molar-refractivity contribution in [2.45, 2.75) is 13.1 Å². The van der Waals surface area contributed by atoms with Crippen LogP contribution in [0.5, 0.6) is 5.75 Å². The van der Waals surface area contributed by atoms with Gasteiger partial charge in [0.05, 0.1) is 31.3 Å². The third-order valence-corrected chi connectivity index (χ3v) is 6.64. The van der Waals surface area contributed by atoms with Crippen LogP contribution in [-0.2, 0) is 13.1 Å². The van der Waals surface area contributed by atoms with Gasteiger partial charge in [-0.3, -0.25) is 9.59 Å². The molecule has 0 unspecified atom stereocenters. The quantitative estimate of drug-likeness (QED) is 0.317. The molecule has 0 saturated carbocycles. The molecule has 0 fully saturated rings. The number of para-hydroxylation sites is 2. The van der Waals surface area contributed by atoms with Crippen molar-refractivity contribution in [1.82, 2.24) is 14.7 Å². The van der Waals surface area contributed by atoms with E-state index in [1.807, 2.05) is 66.0 Å². The van der Waals surface area contributed by atoms with Crippen LogP contribution < -0.4 is 10.3 Å². The molecule has 5 rings (SSSR count). The van der Waals surface area contributed by atoms with Crippen molar-refractivity contribution < 1.29 is 9.53 Å². The maximum absolute atomic E-state index is 14.1. The van der Waals surface area contributed by atoms with Crippen LogP contribution in [0.1, 0.15) is 20.9 Å². The Kier molecular flexibility index (Phi) is 6.41. The molecule has 6 nitrogen and oxygen atoms in total. The fourth-order valence-corrected chi connectivity index (χ4v) is 4.79. The molecule has 1 amide bonds. The van der Waals surface area contributed by atoms with Gasteiger partial charge in [0.1, 0.15) is 5.75 Å². The van der Waals surface area contributed by atoms with E-state index in [0.29, 0.717) is 35.3 Å². The van der Waals surface area contributed by atoms with Gasteiger partial charge in [-0.15, -0.1) is 11.3 Å². The topological polar surface area (TPSA) is 64.4 Å². The Morgan fingerprint density at radius 2 is 1.60 bits per heavy atom. The van der Waals surface area contributed by atoms with Crippen LogP contribution in [0.4, 0.5) is 0 Å². The van der Waals surface area contributed by atoms with E-state index < -0.39 is 0 Å². The van der Waals surface area contributed by atoms with Crippen molar-refractivity contribution in [2.24, 2.45) is 0 Å². The van der Waals surface area contributed by atoms with Crippen LogP contribution in [0.15, 0.2) is 101 Å². The molecule has 0 aliphatic rings. The van der Waals surface area contributed by atoms with Gasteiger partial charge in [-0.05, 0) is 35.7 Å². The first-order valence-electron chi connectivity index (χ1n) is 11.2. The molecular formula is C28H23N3O3S. The van der Waals surface area contributed by atoms with E-state index in [0.717, 1.165) is 10.4 Å². The van der Waals surface area contributed by atoms with Gasteiger partial charge in [-0.25, -0.2) is 0 Å². The number of carbonyl (C=O) groups is 1. The molecule has 0 saturated heterocycles. The molecule has 174 valence electrons. The number of benzene rings is 3. The average molecular weight is 482 g/mol. The molecule has 35 heavy (non-hydrogen) atoms. The van der Waals surface area contributed by atoms with Gasteiger partial charge >= 0.3 is 0 Å². The standard InChI is InChI=1S/C28H23N3O3S/c1-34-25-16-8-5-10-20(25)18-30(19-22-13-9-17-35-22)28(33)26-23-14-6-7-15-24(23)27(32)31(29-26)21-11-3-2-4-12-21/h2-17H,18-19H2,1H3. The Morgan fingerprint density at radius 3 is 2.34 bits per heavy atom. The molecular weight excluding hydrogens is 458 g/mol. The van der Waals surface area contributed by atoms with E-state index in [4.69, 9.17) is 4.74 Å². The third kappa shape index (κ3) is 4.58. The van der Waals surface area contributed by atoms with Gasteiger partial charge in [0.2, 0.25) is 0 Å². The van der Waals surface area contributed by atoms with E-state index in [-0.39, 0.29) is 17.2 Å². The van der Waals surface area contributed by atoms with Gasteiger partial charge in [-0.1, -0.05) is 60.7 Å². The van der Waals surface area contributed by atoms with Crippen molar-refractivity contribution >= 4 is 28.0 Å². The number of methoxy groups -OCH3 is 1. The highest BCUT2D eigenvalue weighted by Gasteiger charge is 2.24. The predicted octanol–water partition coefficient (Wildman–Crippen LogP) is 5.30. The summed E-state index contributed by atoms with van der Waals surface area (Å²) in [5.41, 5.74) is 1.46. The molecule has 5 aromatic rings. The molecule has 0 N–H and O–H groups in total. The lowest BCUT2D eigenvalue weighted by Gasteiger charge is -2.24. The second-order valence-electron chi connectivity index (χ2n) is 8.00. The highest BCUT2D eigenvalue weighted by atomic mass is 32.1. The van der Waals surface area contributed by atoms with Gasteiger partial charge in [0.15, 0.2) is 5.69 Å². The second kappa shape index (κ2) is 9.95. The summed E-state index contributed by atoms with van der Waals surface area (Å²) in [6.07, 6.45) is 0. The number of aromatic nitrogens is 2. The summed E-state index contributed by atoms with van der Waals surface area (Å²) in [6.45, 7) is 0.746. The summed E-state index contributed by atoms with van der Waals surface area (Å²) in [4.78, 5) is 30.2. The van der Waals surface area contributed by atoms with Crippen molar-refractivity contribution in [2.75, 3.05) is 7.11 Å². The zero-order valence-electron chi connectivity index (χ0n) is 19.1. The number of hydrogen-bond donors (Lipinski definition) is 0. The molecule has 0 aliphatic heterocycles. The van der Waals surface area contributed by atoms with Gasteiger partial charge < -0.3 is 9.64 Å². The number of hydrogen-bond acceptors (Lipinski definition) is 5. The monoisotopic (exact) mass is 481 g/mol. The molecule has 7 heteroatoms. The highest BCUT2D eigenvalue weighted by molar-refractivity contribution is 7.09. The molecule has 0 aliphatic carbocycles. The molecule has 0 bridgehead atoms. The van der Waals surface area contributed by atoms with Gasteiger partial charge in [0.25, 0.3) is 11.5 Å². The van der Waals surface area contributed by atoms with Crippen molar-refractivity contribution in [3.8, 4) is 11.4 Å². The molecule has 2 aromatic heterocycles. The van der Waals surface area contributed by atoms with Crippen molar-refractivity contribution in [1.29, 1.82) is 0 Å². The normalized spacial score (nSPS) is 10.9. The van der Waals surface area contributed by atoms with Crippen LogP contribution in [0.3, 0.4) is 0 Å². The number of fused-ring (bicyclic) bond motifs is 1. The summed E-state index contributed by atoms with van der Waals surface area (Å²) in [5, 5.41) is 7.56. The molecule has 3 aromatic carbocycles. The minimum absolute atomic E-state index is 0.232. The minimum atomic E-state index is -0.266. The highest BCUT2D eigenvalue weighted by Crippen LogP contribution is 2.24. The SMILES string of the molecule is COc1ccccc1CN(Cc1cccs1)C(=O)c1nn(-c2ccccc2)c(=O)c2ccccc12. The Hall–Kier alpha value is -4.23. The van der Waals surface area contributed by atoms with E-state index >= 15 is 0 Å². The number of ether oxygens (including phenoxy) is 1. The van der Waals surface area contributed by atoms with Crippen molar-refractivity contribution in [3.63, 3.8) is 0 Å². The smallest absolute Gasteiger partial charge is 0.279 e. The maximum atomic E-state index is 14.1. The Bertz CT molecular complexity index is 1530. The third-order valence-electron chi connectivity index (χ3n) is 5.78. The van der Waals surface area contributed by atoms with E-state index in [1.54, 1.807) is 53.7 Å². The lowest BCUT2D eigenvalue weighted by molar-refractivity contribution is 0.0725. The summed E-state index contributed by atoms with van der Waals surface area (Å²) in [7, 11) is 1.62. The van der Waals surface area contributed by atoms with Crippen LogP contribution in [-0.4, -0.2) is 27.7 Å². The van der Waals surface area contributed by atoms with E-state index in [9.17, 15) is 9.59 Å². The fraction of sp³-hybridized carbons (Fsp3) is 0.107. The lowest BCUT2D eigenvalue weighted by Crippen LogP contribution is -2.33. The Morgan fingerprint density at radius 1 is 0.886 bits per heavy atom. The summed E-state index contributed by atoms with van der Waals surface area (Å²) in [6, 6.07) is 27.9. The van der Waals surface area contributed by atoms with Crippen molar-refractivity contribution in [3.05, 3.63) is 123 Å². The summed E-state index contributed by atoms with van der Waals surface area (Å²) in [5.74, 6) is 0.453. The van der Waals surface area contributed by atoms with Crippen LogP contribution >= 0.6 is 11.3 Å². The first-order valence-corrected chi connectivity index (χ1v) is 12.0. The number of nitrogens with zero attached hydrogens (tertiary/aromatic N) is 3. The molecule has 0 atom stereocenters. The summed E-state index contributed by atoms with van der Waals surface area (Å²) >= 11 is 1.59. The summed E-state index contributed by atoms with van der Waals surface area (Å²) < 4.78 is 6.84. The van der Waals surface area contributed by atoms with Crippen LogP contribution in [0, 0.1) is 0 Å². The molecule has 0 radical (unpaired) electrons. The van der Waals surface area contributed by atoms with Crippen LogP contribution in [0.2, 0.25) is 0 Å². The zero-order valence-corrected chi connectivity index (χ0v) is 19.9. The second-order valence-corrected chi connectivity index (χ2v) is 9.03. The van der Waals surface area contributed by atoms with Crippen LogP contribution in [0.25, 0.3) is 16.5 Å². The Balaban J connectivity index is 1.65. The number of amides is 1. The maximum Gasteiger partial charge on any atom is 0.279 e. The number of thiophene rings is 1. The molecule has 0 spiro atoms. The van der Waals surface area contributed by atoms with Gasteiger partial charge in [-0.2, -0.15) is 9.78 Å². The Labute approximate surface area is 206 Å². The number of carbonyl (C=O) groups excluding carboxylic acids is 1. The fourth-order valence-electron chi connectivity index (χ4n) is 4.07. The minimum Gasteiger partial charge on any atom is -0.496 e.